The highest BCUT2D eigenvalue weighted by Crippen LogP contribution is 2.36. The fourth-order valence-corrected chi connectivity index (χ4v) is 4.61. The normalized spacial score (nSPS) is 22.1. The molecular weight excluding hydrogens is 334 g/mol. The number of piperidine rings is 1. The van der Waals surface area contributed by atoms with Crippen molar-refractivity contribution in [1.82, 2.24) is 20.3 Å². The maximum atomic E-state index is 4.91. The van der Waals surface area contributed by atoms with Crippen LogP contribution in [-0.4, -0.2) is 55.1 Å². The van der Waals surface area contributed by atoms with Crippen molar-refractivity contribution in [2.75, 3.05) is 34.2 Å². The fraction of sp³-hybridized carbons (Fsp3) is 0.556. The first kappa shape index (κ1) is 17.9. The molecule has 0 bridgehead atoms. The molecule has 0 spiro atoms. The molecule has 1 fully saturated rings. The van der Waals surface area contributed by atoms with E-state index in [1.807, 2.05) is 31.5 Å². The summed E-state index contributed by atoms with van der Waals surface area (Å²) in [5.41, 5.74) is 0.902. The van der Waals surface area contributed by atoms with Crippen LogP contribution in [-0.2, 0) is 6.54 Å². The minimum absolute atomic E-state index is 0.486. The van der Waals surface area contributed by atoms with E-state index in [-0.39, 0.29) is 0 Å². The largest absolute Gasteiger partial charge is 0.364 e. The fourth-order valence-electron chi connectivity index (χ4n) is 3.63. The Hall–Kier alpha value is -1.86. The van der Waals surface area contributed by atoms with Crippen molar-refractivity contribution in [3.63, 3.8) is 0 Å². The lowest BCUT2D eigenvalue weighted by Crippen LogP contribution is -2.45. The molecule has 7 heteroatoms. The first-order valence-corrected chi connectivity index (χ1v) is 9.61. The van der Waals surface area contributed by atoms with Gasteiger partial charge in [0.15, 0.2) is 5.96 Å². The Labute approximate surface area is 153 Å². The molecule has 1 aliphatic heterocycles. The van der Waals surface area contributed by atoms with Gasteiger partial charge < -0.3 is 14.7 Å². The van der Waals surface area contributed by atoms with Crippen molar-refractivity contribution in [1.29, 1.82) is 0 Å². The monoisotopic (exact) mass is 361 g/mol. The molecule has 3 rings (SSSR count). The third-order valence-electron chi connectivity index (χ3n) is 4.83. The van der Waals surface area contributed by atoms with E-state index in [2.05, 4.69) is 49.8 Å². The highest BCUT2D eigenvalue weighted by molar-refractivity contribution is 7.10. The lowest BCUT2D eigenvalue weighted by molar-refractivity contribution is 0.124. The second-order valence-corrected chi connectivity index (χ2v) is 7.60. The smallest absolute Gasteiger partial charge is 0.193 e. The SMILES string of the molecule is CN=C(NCC1CCCN(C)C1c1cccs1)N(C)Cc1ccon1. The van der Waals surface area contributed by atoms with Crippen LogP contribution in [0.3, 0.4) is 0 Å². The summed E-state index contributed by atoms with van der Waals surface area (Å²) < 4.78 is 4.91. The molecule has 2 aromatic rings. The lowest BCUT2D eigenvalue weighted by atomic mass is 9.88. The minimum atomic E-state index is 0.486. The van der Waals surface area contributed by atoms with Gasteiger partial charge in [0.1, 0.15) is 12.0 Å². The van der Waals surface area contributed by atoms with Gasteiger partial charge in [0, 0.05) is 37.6 Å². The average molecular weight is 362 g/mol. The first-order valence-electron chi connectivity index (χ1n) is 8.73. The number of likely N-dealkylation sites (tertiary alicyclic amines) is 1. The maximum Gasteiger partial charge on any atom is 0.193 e. The molecule has 0 aromatic carbocycles. The van der Waals surface area contributed by atoms with Gasteiger partial charge in [-0.05, 0) is 43.8 Å². The van der Waals surface area contributed by atoms with Crippen LogP contribution in [0.15, 0.2) is 39.4 Å². The van der Waals surface area contributed by atoms with Crippen molar-refractivity contribution in [3.8, 4) is 0 Å². The molecule has 0 aliphatic carbocycles. The Balaban J connectivity index is 1.61. The highest BCUT2D eigenvalue weighted by atomic mass is 32.1. The Morgan fingerprint density at radius 2 is 2.40 bits per heavy atom. The number of hydrogen-bond acceptors (Lipinski definition) is 5. The molecule has 0 saturated carbocycles. The molecule has 3 heterocycles. The molecule has 2 unspecified atom stereocenters. The summed E-state index contributed by atoms with van der Waals surface area (Å²) in [6.07, 6.45) is 4.09. The van der Waals surface area contributed by atoms with E-state index in [1.165, 1.54) is 24.3 Å². The van der Waals surface area contributed by atoms with Crippen LogP contribution in [0.25, 0.3) is 0 Å². The predicted octanol–water partition coefficient (Wildman–Crippen LogP) is 2.83. The van der Waals surface area contributed by atoms with Gasteiger partial charge in [0.25, 0.3) is 0 Å². The van der Waals surface area contributed by atoms with Crippen LogP contribution in [0.5, 0.6) is 0 Å². The molecule has 1 saturated heterocycles. The summed E-state index contributed by atoms with van der Waals surface area (Å²) in [5.74, 6) is 1.47. The molecule has 136 valence electrons. The van der Waals surface area contributed by atoms with Crippen LogP contribution in [0.2, 0.25) is 0 Å². The van der Waals surface area contributed by atoms with Gasteiger partial charge in [0.05, 0.1) is 6.54 Å². The topological polar surface area (TPSA) is 56.9 Å². The van der Waals surface area contributed by atoms with E-state index >= 15 is 0 Å². The third-order valence-corrected chi connectivity index (χ3v) is 5.77. The Morgan fingerprint density at radius 1 is 1.52 bits per heavy atom. The molecule has 25 heavy (non-hydrogen) atoms. The zero-order chi connectivity index (χ0) is 17.6. The van der Waals surface area contributed by atoms with Crippen LogP contribution < -0.4 is 5.32 Å². The van der Waals surface area contributed by atoms with E-state index < -0.39 is 0 Å². The van der Waals surface area contributed by atoms with E-state index in [1.54, 1.807) is 6.26 Å². The van der Waals surface area contributed by atoms with Gasteiger partial charge in [-0.25, -0.2) is 0 Å². The van der Waals surface area contributed by atoms with E-state index in [0.717, 1.165) is 18.2 Å². The second-order valence-electron chi connectivity index (χ2n) is 6.62. The molecule has 0 radical (unpaired) electrons. The molecule has 6 nitrogen and oxygen atoms in total. The van der Waals surface area contributed by atoms with Gasteiger partial charge in [-0.1, -0.05) is 11.2 Å². The zero-order valence-corrected chi connectivity index (χ0v) is 16.0. The zero-order valence-electron chi connectivity index (χ0n) is 15.2. The molecule has 1 N–H and O–H groups in total. The van der Waals surface area contributed by atoms with Crippen LogP contribution in [0, 0.1) is 5.92 Å². The molecule has 1 aliphatic rings. The molecule has 2 aromatic heterocycles. The van der Waals surface area contributed by atoms with Crippen molar-refractivity contribution in [3.05, 3.63) is 40.4 Å². The van der Waals surface area contributed by atoms with Crippen molar-refractivity contribution >= 4 is 17.3 Å². The minimum Gasteiger partial charge on any atom is -0.364 e. The summed E-state index contributed by atoms with van der Waals surface area (Å²) in [6.45, 7) is 2.76. The number of guanidine groups is 1. The number of nitrogens with zero attached hydrogens (tertiary/aromatic N) is 4. The van der Waals surface area contributed by atoms with Gasteiger partial charge >= 0.3 is 0 Å². The number of aromatic nitrogens is 1. The maximum absolute atomic E-state index is 4.91. The van der Waals surface area contributed by atoms with Crippen LogP contribution >= 0.6 is 11.3 Å². The summed E-state index contributed by atoms with van der Waals surface area (Å²) in [5, 5.41) is 9.71. The Kier molecular flexibility index (Phi) is 6.09. The van der Waals surface area contributed by atoms with Crippen molar-refractivity contribution < 1.29 is 4.52 Å². The van der Waals surface area contributed by atoms with Gasteiger partial charge in [0.2, 0.25) is 0 Å². The van der Waals surface area contributed by atoms with E-state index in [0.29, 0.717) is 18.5 Å². The first-order chi connectivity index (χ1) is 12.2. The Morgan fingerprint density at radius 3 is 3.08 bits per heavy atom. The number of hydrogen-bond donors (Lipinski definition) is 1. The van der Waals surface area contributed by atoms with Gasteiger partial charge in [-0.15, -0.1) is 11.3 Å². The van der Waals surface area contributed by atoms with E-state index in [9.17, 15) is 0 Å². The summed E-state index contributed by atoms with van der Waals surface area (Å²) >= 11 is 1.86. The second kappa shape index (κ2) is 8.49. The standard InChI is InChI=1S/C18H27N5OS/c1-19-18(23(3)13-15-8-10-24-21-15)20-12-14-6-4-9-22(2)17(14)16-7-5-11-25-16/h5,7-8,10-11,14,17H,4,6,9,12-13H2,1-3H3,(H,19,20). The van der Waals surface area contributed by atoms with Gasteiger partial charge in [-0.3, -0.25) is 9.89 Å². The third kappa shape index (κ3) is 4.41. The lowest BCUT2D eigenvalue weighted by Gasteiger charge is -2.39. The number of aliphatic imine (C=N–C) groups is 1. The number of nitrogens with one attached hydrogen (secondary N) is 1. The quantitative estimate of drug-likeness (QED) is 0.655. The molecular formula is C18H27N5OS. The number of rotatable bonds is 5. The molecule has 2 atom stereocenters. The number of thiophene rings is 1. The highest BCUT2D eigenvalue weighted by Gasteiger charge is 2.31. The van der Waals surface area contributed by atoms with Crippen LogP contribution in [0.1, 0.15) is 29.5 Å². The van der Waals surface area contributed by atoms with E-state index in [4.69, 9.17) is 4.52 Å². The summed E-state index contributed by atoms with van der Waals surface area (Å²) in [6, 6.07) is 6.78. The average Bonchev–Trinajstić information content (AvgIpc) is 3.29. The van der Waals surface area contributed by atoms with Crippen molar-refractivity contribution in [2.24, 2.45) is 10.9 Å². The Bertz CT molecular complexity index is 655. The van der Waals surface area contributed by atoms with Crippen molar-refractivity contribution in [2.45, 2.75) is 25.4 Å². The predicted molar refractivity (Wildman–Crippen MR) is 102 cm³/mol. The summed E-state index contributed by atoms with van der Waals surface area (Å²) in [7, 11) is 6.08. The van der Waals surface area contributed by atoms with Crippen LogP contribution in [0.4, 0.5) is 0 Å². The molecule has 0 amide bonds. The summed E-state index contributed by atoms with van der Waals surface area (Å²) in [4.78, 5) is 10.4. The van der Waals surface area contributed by atoms with Gasteiger partial charge in [-0.2, -0.15) is 0 Å².